The summed E-state index contributed by atoms with van der Waals surface area (Å²) in [4.78, 5) is 16.8. The van der Waals surface area contributed by atoms with Crippen LogP contribution in [0.4, 0.5) is 5.82 Å². The summed E-state index contributed by atoms with van der Waals surface area (Å²) in [5, 5.41) is 11.3. The van der Waals surface area contributed by atoms with Crippen LogP contribution >= 0.6 is 34.5 Å². The molecule has 0 bridgehead atoms. The van der Waals surface area contributed by atoms with Gasteiger partial charge in [-0.2, -0.15) is 5.10 Å². The average Bonchev–Trinajstić information content (AvgIpc) is 3.20. The second kappa shape index (κ2) is 8.20. The molecule has 0 radical (unpaired) electrons. The number of nitrogens with one attached hydrogen (secondary N) is 1. The Labute approximate surface area is 166 Å². The smallest absolute Gasteiger partial charge is 0.231 e. The summed E-state index contributed by atoms with van der Waals surface area (Å²) in [6, 6.07) is 7.07. The summed E-state index contributed by atoms with van der Waals surface area (Å²) in [5.74, 6) is 0.845. The Morgan fingerprint density at radius 2 is 2.12 bits per heavy atom. The van der Waals surface area contributed by atoms with Crippen molar-refractivity contribution < 1.29 is 4.79 Å². The lowest BCUT2D eigenvalue weighted by molar-refractivity contribution is -0.115. The molecule has 0 atom stereocenters. The van der Waals surface area contributed by atoms with E-state index in [4.69, 9.17) is 23.2 Å². The van der Waals surface area contributed by atoms with Crippen LogP contribution in [-0.4, -0.2) is 20.7 Å². The lowest BCUT2D eigenvalue weighted by Crippen LogP contribution is -2.18. The molecule has 1 N–H and O–H groups in total. The van der Waals surface area contributed by atoms with Gasteiger partial charge in [-0.3, -0.25) is 4.79 Å². The van der Waals surface area contributed by atoms with E-state index in [1.165, 1.54) is 0 Å². The molecule has 136 valence electrons. The highest BCUT2D eigenvalue weighted by Gasteiger charge is 2.13. The fourth-order valence-corrected chi connectivity index (χ4v) is 3.70. The molecule has 0 aliphatic carbocycles. The molecular weight excluding hydrogens is 391 g/mol. The Hall–Kier alpha value is -1.89. The number of hydrogen-bond donors (Lipinski definition) is 1. The van der Waals surface area contributed by atoms with Crippen molar-refractivity contribution in [1.29, 1.82) is 0 Å². The van der Waals surface area contributed by atoms with Crippen molar-refractivity contribution in [2.24, 2.45) is 0 Å². The number of halogens is 2. The third-order valence-electron chi connectivity index (χ3n) is 3.72. The van der Waals surface area contributed by atoms with E-state index >= 15 is 0 Å². The Balaban J connectivity index is 1.67. The maximum Gasteiger partial charge on any atom is 0.231 e. The van der Waals surface area contributed by atoms with Gasteiger partial charge in [0.1, 0.15) is 5.82 Å². The molecule has 0 aliphatic heterocycles. The van der Waals surface area contributed by atoms with Gasteiger partial charge in [-0.15, -0.1) is 11.3 Å². The van der Waals surface area contributed by atoms with Gasteiger partial charge >= 0.3 is 0 Å². The molecule has 2 heterocycles. The molecular formula is C18H18Cl2N4OS. The predicted octanol–water partition coefficient (Wildman–Crippen LogP) is 5.00. The van der Waals surface area contributed by atoms with Gasteiger partial charge in [-0.05, 0) is 17.7 Å². The highest BCUT2D eigenvalue weighted by Crippen LogP contribution is 2.23. The van der Waals surface area contributed by atoms with Crippen LogP contribution in [0, 0.1) is 0 Å². The SMILES string of the molecule is CC(C)c1nc(CC(=O)Nc2ccnn2Cc2ccc(Cl)cc2Cl)cs1. The summed E-state index contributed by atoms with van der Waals surface area (Å²) in [5.41, 5.74) is 1.65. The standard InChI is InChI=1S/C18H18Cl2N4OS/c1-11(2)18-22-14(10-26-18)8-17(25)23-16-5-6-21-24(16)9-12-3-4-13(19)7-15(12)20/h3-7,10-11H,8-9H2,1-2H3,(H,23,25). The van der Waals surface area contributed by atoms with Crippen molar-refractivity contribution in [3.05, 3.63) is 62.2 Å². The van der Waals surface area contributed by atoms with Crippen molar-refractivity contribution in [2.45, 2.75) is 32.7 Å². The maximum absolute atomic E-state index is 12.3. The average molecular weight is 409 g/mol. The minimum absolute atomic E-state index is 0.130. The number of thiazole rings is 1. The Bertz CT molecular complexity index is 920. The number of aromatic nitrogens is 3. The lowest BCUT2D eigenvalue weighted by Gasteiger charge is -2.10. The van der Waals surface area contributed by atoms with Crippen LogP contribution in [0.5, 0.6) is 0 Å². The van der Waals surface area contributed by atoms with Gasteiger partial charge in [0.25, 0.3) is 0 Å². The van der Waals surface area contributed by atoms with Crippen LogP contribution in [-0.2, 0) is 17.8 Å². The highest BCUT2D eigenvalue weighted by atomic mass is 35.5. The van der Waals surface area contributed by atoms with Crippen LogP contribution in [0.25, 0.3) is 0 Å². The second-order valence-electron chi connectivity index (χ2n) is 6.17. The molecule has 0 unspecified atom stereocenters. The summed E-state index contributed by atoms with van der Waals surface area (Å²) in [7, 11) is 0. The molecule has 5 nitrogen and oxygen atoms in total. The van der Waals surface area contributed by atoms with Gasteiger partial charge in [-0.25, -0.2) is 9.67 Å². The van der Waals surface area contributed by atoms with E-state index in [0.29, 0.717) is 28.3 Å². The number of nitrogens with zero attached hydrogens (tertiary/aromatic N) is 3. The zero-order valence-corrected chi connectivity index (χ0v) is 16.7. The van der Waals surface area contributed by atoms with Crippen LogP contribution in [0.15, 0.2) is 35.8 Å². The Morgan fingerprint density at radius 3 is 2.81 bits per heavy atom. The van der Waals surface area contributed by atoms with E-state index in [-0.39, 0.29) is 12.3 Å². The van der Waals surface area contributed by atoms with Crippen LogP contribution in [0.1, 0.15) is 36.0 Å². The summed E-state index contributed by atoms with van der Waals surface area (Å²) in [6.07, 6.45) is 1.87. The van der Waals surface area contributed by atoms with E-state index in [1.54, 1.807) is 40.4 Å². The molecule has 0 saturated heterocycles. The van der Waals surface area contributed by atoms with Crippen LogP contribution < -0.4 is 5.32 Å². The van der Waals surface area contributed by atoms with Crippen LogP contribution in [0.2, 0.25) is 10.0 Å². The molecule has 0 aliphatic rings. The molecule has 3 aromatic rings. The second-order valence-corrected chi connectivity index (χ2v) is 7.90. The lowest BCUT2D eigenvalue weighted by atomic mass is 10.2. The molecule has 1 aromatic carbocycles. The summed E-state index contributed by atoms with van der Waals surface area (Å²) in [6.45, 7) is 4.61. The van der Waals surface area contributed by atoms with Gasteiger partial charge in [-0.1, -0.05) is 43.1 Å². The van der Waals surface area contributed by atoms with Gasteiger partial charge < -0.3 is 5.32 Å². The van der Waals surface area contributed by atoms with Crippen molar-refractivity contribution in [2.75, 3.05) is 5.32 Å². The quantitative estimate of drug-likeness (QED) is 0.623. The number of rotatable bonds is 6. The fraction of sp³-hybridized carbons (Fsp3) is 0.278. The number of amides is 1. The first-order valence-electron chi connectivity index (χ1n) is 8.12. The van der Waals surface area contributed by atoms with E-state index in [1.807, 2.05) is 11.4 Å². The van der Waals surface area contributed by atoms with Gasteiger partial charge in [0.2, 0.25) is 5.91 Å². The highest BCUT2D eigenvalue weighted by molar-refractivity contribution is 7.09. The molecule has 0 spiro atoms. The normalized spacial score (nSPS) is 11.1. The van der Waals surface area contributed by atoms with E-state index in [9.17, 15) is 4.79 Å². The molecule has 1 amide bonds. The number of carbonyl (C=O) groups is 1. The van der Waals surface area contributed by atoms with E-state index in [0.717, 1.165) is 16.3 Å². The zero-order chi connectivity index (χ0) is 18.7. The first kappa shape index (κ1) is 18.9. The number of anilines is 1. The van der Waals surface area contributed by atoms with Crippen LogP contribution in [0.3, 0.4) is 0 Å². The Kier molecular flexibility index (Phi) is 5.96. The first-order chi connectivity index (χ1) is 12.4. The minimum Gasteiger partial charge on any atom is -0.311 e. The summed E-state index contributed by atoms with van der Waals surface area (Å²) >= 11 is 13.7. The monoisotopic (exact) mass is 408 g/mol. The fourth-order valence-electron chi connectivity index (χ4n) is 2.40. The van der Waals surface area contributed by atoms with Gasteiger partial charge in [0, 0.05) is 27.4 Å². The molecule has 0 fully saturated rings. The zero-order valence-electron chi connectivity index (χ0n) is 14.4. The van der Waals surface area contributed by atoms with Crippen molar-refractivity contribution >= 4 is 46.3 Å². The summed E-state index contributed by atoms with van der Waals surface area (Å²) < 4.78 is 1.69. The van der Waals surface area contributed by atoms with Crippen molar-refractivity contribution in [3.8, 4) is 0 Å². The maximum atomic E-state index is 12.3. The van der Waals surface area contributed by atoms with Gasteiger partial charge in [0.15, 0.2) is 0 Å². The molecule has 3 rings (SSSR count). The molecule has 0 saturated carbocycles. The van der Waals surface area contributed by atoms with Gasteiger partial charge in [0.05, 0.1) is 29.9 Å². The number of carbonyl (C=O) groups excluding carboxylic acids is 1. The third kappa shape index (κ3) is 4.63. The predicted molar refractivity (Wildman–Crippen MR) is 106 cm³/mol. The van der Waals surface area contributed by atoms with Crippen molar-refractivity contribution in [1.82, 2.24) is 14.8 Å². The van der Waals surface area contributed by atoms with E-state index < -0.39 is 0 Å². The topological polar surface area (TPSA) is 59.8 Å². The molecule has 26 heavy (non-hydrogen) atoms. The number of benzene rings is 1. The number of hydrogen-bond acceptors (Lipinski definition) is 4. The largest absolute Gasteiger partial charge is 0.311 e. The molecule has 2 aromatic heterocycles. The Morgan fingerprint density at radius 1 is 1.31 bits per heavy atom. The first-order valence-corrected chi connectivity index (χ1v) is 9.76. The van der Waals surface area contributed by atoms with E-state index in [2.05, 4.69) is 29.2 Å². The molecule has 8 heteroatoms. The van der Waals surface area contributed by atoms with Crippen molar-refractivity contribution in [3.63, 3.8) is 0 Å². The minimum atomic E-state index is -0.130. The third-order valence-corrected chi connectivity index (χ3v) is 5.51.